The first-order chi connectivity index (χ1) is 9.49. The minimum absolute atomic E-state index is 0.0437. The lowest BCUT2D eigenvalue weighted by Gasteiger charge is -2.09. The van der Waals surface area contributed by atoms with Crippen molar-refractivity contribution in [2.24, 2.45) is 5.14 Å². The zero-order valence-corrected chi connectivity index (χ0v) is 12.7. The van der Waals surface area contributed by atoms with Crippen molar-refractivity contribution < 1.29 is 8.42 Å². The highest BCUT2D eigenvalue weighted by molar-refractivity contribution is 7.89. The molecule has 0 spiro atoms. The third-order valence-electron chi connectivity index (χ3n) is 2.56. The predicted octanol–water partition coefficient (Wildman–Crippen LogP) is 1.21. The number of sulfonamides is 1. The number of aromatic nitrogens is 2. The second-order valence-electron chi connectivity index (χ2n) is 4.21. The highest BCUT2D eigenvalue weighted by atomic mass is 32.2. The fourth-order valence-corrected chi connectivity index (χ4v) is 3.02. The van der Waals surface area contributed by atoms with Crippen LogP contribution in [0.3, 0.4) is 0 Å². The average Bonchev–Trinajstić information content (AvgIpc) is 2.82. The maximum atomic E-state index is 10.9. The molecule has 7 nitrogen and oxygen atoms in total. The van der Waals surface area contributed by atoms with Crippen molar-refractivity contribution in [3.8, 4) is 0 Å². The Morgan fingerprint density at radius 1 is 1.35 bits per heavy atom. The second-order valence-corrected chi connectivity index (χ2v) is 6.84. The Kier molecular flexibility index (Phi) is 4.73. The van der Waals surface area contributed by atoms with E-state index >= 15 is 0 Å². The Morgan fingerprint density at radius 2 is 2.15 bits per heavy atom. The number of hydrogen-bond donors (Lipinski definition) is 3. The van der Waals surface area contributed by atoms with Gasteiger partial charge in [0.2, 0.25) is 16.0 Å². The number of nitrogens with one attached hydrogen (secondary N) is 2. The van der Waals surface area contributed by atoms with Crippen molar-refractivity contribution in [2.45, 2.75) is 13.3 Å². The predicted molar refractivity (Wildman–Crippen MR) is 82.7 cm³/mol. The van der Waals surface area contributed by atoms with Crippen LogP contribution in [0.25, 0.3) is 10.2 Å². The molecule has 4 N–H and O–H groups in total. The molecule has 0 saturated heterocycles. The zero-order chi connectivity index (χ0) is 14.6. The van der Waals surface area contributed by atoms with E-state index in [1.54, 1.807) is 0 Å². The molecule has 0 aliphatic heterocycles. The van der Waals surface area contributed by atoms with Crippen molar-refractivity contribution in [3.63, 3.8) is 0 Å². The molecule has 2 aromatic heterocycles. The summed E-state index contributed by atoms with van der Waals surface area (Å²) in [7, 11) is -3.41. The Balaban J connectivity index is 2.09. The first kappa shape index (κ1) is 14.9. The SMILES string of the molecule is CCNc1nc(NCCCS(N)(=O)=O)c2ccsc2n1. The molecule has 0 atom stereocenters. The third-order valence-corrected chi connectivity index (χ3v) is 4.22. The van der Waals surface area contributed by atoms with Crippen LogP contribution >= 0.6 is 11.3 Å². The molecule has 2 heterocycles. The zero-order valence-electron chi connectivity index (χ0n) is 11.1. The van der Waals surface area contributed by atoms with Crippen LogP contribution in [0.2, 0.25) is 0 Å². The molecule has 0 fully saturated rings. The molecule has 0 aliphatic carbocycles. The van der Waals surface area contributed by atoms with Gasteiger partial charge >= 0.3 is 0 Å². The van der Waals surface area contributed by atoms with Crippen molar-refractivity contribution in [2.75, 3.05) is 29.5 Å². The standard InChI is InChI=1S/C11H17N5O2S2/c1-2-13-11-15-9(8-4-6-19-10(8)16-11)14-5-3-7-20(12,17)18/h4,6H,2-3,5,7H2,1H3,(H2,12,17,18)(H2,13,14,15,16). The van der Waals surface area contributed by atoms with Gasteiger partial charge in [-0.2, -0.15) is 4.98 Å². The highest BCUT2D eigenvalue weighted by Crippen LogP contribution is 2.26. The summed E-state index contributed by atoms with van der Waals surface area (Å²) in [4.78, 5) is 9.68. The maximum absolute atomic E-state index is 10.9. The molecular weight excluding hydrogens is 298 g/mol. The van der Waals surface area contributed by atoms with Crippen LogP contribution in [-0.4, -0.2) is 37.2 Å². The summed E-state index contributed by atoms with van der Waals surface area (Å²) in [5, 5.41) is 14.1. The van der Waals surface area contributed by atoms with Gasteiger partial charge in [-0.25, -0.2) is 18.5 Å². The minimum Gasteiger partial charge on any atom is -0.369 e. The molecule has 0 amide bonds. The van der Waals surface area contributed by atoms with E-state index in [9.17, 15) is 8.42 Å². The normalized spacial score (nSPS) is 11.7. The van der Waals surface area contributed by atoms with Crippen LogP contribution < -0.4 is 15.8 Å². The van der Waals surface area contributed by atoms with Gasteiger partial charge in [0.25, 0.3) is 0 Å². The van der Waals surface area contributed by atoms with Gasteiger partial charge < -0.3 is 10.6 Å². The number of hydrogen-bond acceptors (Lipinski definition) is 7. The first-order valence-corrected chi connectivity index (χ1v) is 8.82. The van der Waals surface area contributed by atoms with Gasteiger partial charge in [-0.15, -0.1) is 11.3 Å². The summed E-state index contributed by atoms with van der Waals surface area (Å²) in [5.41, 5.74) is 0. The van der Waals surface area contributed by atoms with E-state index in [0.29, 0.717) is 24.7 Å². The van der Waals surface area contributed by atoms with E-state index in [0.717, 1.165) is 16.8 Å². The van der Waals surface area contributed by atoms with Gasteiger partial charge in [0, 0.05) is 13.1 Å². The van der Waals surface area contributed by atoms with Gasteiger partial charge in [0.1, 0.15) is 10.6 Å². The fourth-order valence-electron chi connectivity index (χ4n) is 1.71. The molecule has 0 aromatic carbocycles. The monoisotopic (exact) mass is 315 g/mol. The summed E-state index contributed by atoms with van der Waals surface area (Å²) in [6, 6.07) is 1.94. The van der Waals surface area contributed by atoms with Crippen LogP contribution in [0.1, 0.15) is 13.3 Å². The molecule has 0 unspecified atom stereocenters. The van der Waals surface area contributed by atoms with E-state index in [4.69, 9.17) is 5.14 Å². The number of rotatable bonds is 7. The van der Waals surface area contributed by atoms with E-state index in [1.807, 2.05) is 18.4 Å². The van der Waals surface area contributed by atoms with Gasteiger partial charge in [-0.1, -0.05) is 0 Å². The number of fused-ring (bicyclic) bond motifs is 1. The summed E-state index contributed by atoms with van der Waals surface area (Å²) in [6.45, 7) is 3.20. The molecule has 110 valence electrons. The molecule has 9 heteroatoms. The average molecular weight is 315 g/mol. The Hall–Kier alpha value is -1.45. The number of anilines is 2. The molecule has 0 bridgehead atoms. The topological polar surface area (TPSA) is 110 Å². The Labute approximate surface area is 121 Å². The molecule has 2 rings (SSSR count). The van der Waals surface area contributed by atoms with Gasteiger partial charge in [-0.3, -0.25) is 0 Å². The van der Waals surface area contributed by atoms with Crippen LogP contribution in [0.5, 0.6) is 0 Å². The highest BCUT2D eigenvalue weighted by Gasteiger charge is 2.08. The van der Waals surface area contributed by atoms with E-state index < -0.39 is 10.0 Å². The number of nitrogens with zero attached hydrogens (tertiary/aromatic N) is 2. The van der Waals surface area contributed by atoms with Crippen molar-refractivity contribution in [1.29, 1.82) is 0 Å². The van der Waals surface area contributed by atoms with Crippen LogP contribution in [0.4, 0.5) is 11.8 Å². The van der Waals surface area contributed by atoms with Crippen LogP contribution in [-0.2, 0) is 10.0 Å². The molecule has 0 radical (unpaired) electrons. The lowest BCUT2D eigenvalue weighted by Crippen LogP contribution is -2.19. The number of primary sulfonamides is 1. The van der Waals surface area contributed by atoms with Crippen LogP contribution in [0, 0.1) is 0 Å². The molecular formula is C11H17N5O2S2. The summed E-state index contributed by atoms with van der Waals surface area (Å²) >= 11 is 1.54. The third kappa shape index (κ3) is 4.02. The lowest BCUT2D eigenvalue weighted by atomic mass is 10.3. The minimum atomic E-state index is -3.41. The first-order valence-electron chi connectivity index (χ1n) is 6.23. The van der Waals surface area contributed by atoms with Gasteiger partial charge in [-0.05, 0) is 24.8 Å². The maximum Gasteiger partial charge on any atom is 0.226 e. The Bertz CT molecular complexity index is 683. The number of thiophene rings is 1. The smallest absolute Gasteiger partial charge is 0.226 e. The number of nitrogens with two attached hydrogens (primary N) is 1. The van der Waals surface area contributed by atoms with Gasteiger partial charge in [0.15, 0.2) is 0 Å². The Morgan fingerprint density at radius 3 is 2.85 bits per heavy atom. The van der Waals surface area contributed by atoms with E-state index in [2.05, 4.69) is 20.6 Å². The molecule has 2 aromatic rings. The largest absolute Gasteiger partial charge is 0.369 e. The van der Waals surface area contributed by atoms with Gasteiger partial charge in [0.05, 0.1) is 11.1 Å². The molecule has 0 saturated carbocycles. The second kappa shape index (κ2) is 6.33. The van der Waals surface area contributed by atoms with E-state index in [-0.39, 0.29) is 5.75 Å². The van der Waals surface area contributed by atoms with Crippen LogP contribution in [0.15, 0.2) is 11.4 Å². The van der Waals surface area contributed by atoms with Crippen molar-refractivity contribution in [3.05, 3.63) is 11.4 Å². The van der Waals surface area contributed by atoms with Crippen molar-refractivity contribution >= 4 is 43.3 Å². The van der Waals surface area contributed by atoms with Crippen molar-refractivity contribution in [1.82, 2.24) is 9.97 Å². The molecule has 0 aliphatic rings. The summed E-state index contributed by atoms with van der Waals surface area (Å²) in [6.07, 6.45) is 0.436. The summed E-state index contributed by atoms with van der Waals surface area (Å²) in [5.74, 6) is 1.23. The summed E-state index contributed by atoms with van der Waals surface area (Å²) < 4.78 is 21.7. The van der Waals surface area contributed by atoms with E-state index in [1.165, 1.54) is 11.3 Å². The quantitative estimate of drug-likeness (QED) is 0.663. The molecule has 20 heavy (non-hydrogen) atoms. The lowest BCUT2D eigenvalue weighted by molar-refractivity contribution is 0.596. The fraction of sp³-hybridized carbons (Fsp3) is 0.455.